The van der Waals surface area contributed by atoms with E-state index < -0.39 is 0 Å². The number of carbonyl (C=O) groups is 1. The molecule has 0 fully saturated rings. The van der Waals surface area contributed by atoms with Gasteiger partial charge in [-0.3, -0.25) is 4.79 Å². The highest BCUT2D eigenvalue weighted by molar-refractivity contribution is 5.73. The maximum Gasteiger partial charge on any atom is 0.172 e. The Kier molecular flexibility index (Phi) is 5.79. The van der Waals surface area contributed by atoms with Crippen molar-refractivity contribution in [2.45, 2.75) is 38.8 Å². The first-order valence-electron chi connectivity index (χ1n) is 5.76. The number of aromatic nitrogens is 3. The van der Waals surface area contributed by atoms with Crippen molar-refractivity contribution >= 4 is 6.29 Å². The molecular weight excluding hydrogens is 222 g/mol. The van der Waals surface area contributed by atoms with Gasteiger partial charge in [-0.25, -0.2) is 4.68 Å². The number of aliphatic hydroxyl groups excluding tert-OH is 1. The van der Waals surface area contributed by atoms with Crippen LogP contribution in [0.25, 0.3) is 0 Å². The van der Waals surface area contributed by atoms with Crippen LogP contribution < -0.4 is 0 Å². The summed E-state index contributed by atoms with van der Waals surface area (Å²) < 4.78 is 6.91. The average molecular weight is 241 g/mol. The molecular formula is C11H19N3O3. The Bertz CT molecular complexity index is 352. The number of aliphatic hydroxyl groups is 1. The summed E-state index contributed by atoms with van der Waals surface area (Å²) in [6, 6.07) is 0. The van der Waals surface area contributed by atoms with Gasteiger partial charge in [-0.1, -0.05) is 5.21 Å². The molecule has 1 rings (SSSR count). The minimum absolute atomic E-state index is 0.206. The van der Waals surface area contributed by atoms with Crippen LogP contribution in [0.3, 0.4) is 0 Å². The molecule has 0 radical (unpaired) electrons. The molecule has 1 N–H and O–H groups in total. The summed E-state index contributed by atoms with van der Waals surface area (Å²) in [6.45, 7) is 2.75. The van der Waals surface area contributed by atoms with Crippen LogP contribution in [0.1, 0.15) is 48.5 Å². The van der Waals surface area contributed by atoms with Crippen molar-refractivity contribution < 1.29 is 14.6 Å². The lowest BCUT2D eigenvalue weighted by atomic mass is 10.2. The first kappa shape index (κ1) is 13.8. The number of unbranched alkanes of at least 4 members (excludes halogenated alkanes) is 2. The Labute approximate surface area is 101 Å². The van der Waals surface area contributed by atoms with Crippen molar-refractivity contribution in [3.63, 3.8) is 0 Å². The zero-order chi connectivity index (χ0) is 12.7. The first-order valence-corrected chi connectivity index (χ1v) is 5.76. The van der Waals surface area contributed by atoms with Gasteiger partial charge in [-0.05, 0) is 26.2 Å². The normalized spacial score (nSPS) is 12.6. The van der Waals surface area contributed by atoms with Crippen LogP contribution in [0.2, 0.25) is 0 Å². The van der Waals surface area contributed by atoms with Gasteiger partial charge < -0.3 is 9.84 Å². The van der Waals surface area contributed by atoms with Gasteiger partial charge >= 0.3 is 0 Å². The molecule has 0 spiro atoms. The van der Waals surface area contributed by atoms with Crippen molar-refractivity contribution in [1.82, 2.24) is 15.0 Å². The molecule has 0 bridgehead atoms. The fourth-order valence-electron chi connectivity index (χ4n) is 1.66. The number of methoxy groups -OCH3 is 1. The fourth-order valence-corrected chi connectivity index (χ4v) is 1.66. The number of hydrogen-bond acceptors (Lipinski definition) is 5. The topological polar surface area (TPSA) is 77.2 Å². The van der Waals surface area contributed by atoms with Crippen molar-refractivity contribution in [2.24, 2.45) is 0 Å². The molecule has 0 aliphatic carbocycles. The van der Waals surface area contributed by atoms with Crippen LogP contribution in [0.4, 0.5) is 0 Å². The maximum absolute atomic E-state index is 10.8. The Morgan fingerprint density at radius 2 is 2.24 bits per heavy atom. The van der Waals surface area contributed by atoms with E-state index in [0.29, 0.717) is 24.2 Å². The largest absolute Gasteiger partial charge is 0.396 e. The highest BCUT2D eigenvalue weighted by Gasteiger charge is 2.18. The summed E-state index contributed by atoms with van der Waals surface area (Å²) in [6.07, 6.45) is 3.09. The van der Waals surface area contributed by atoms with Crippen molar-refractivity contribution in [3.8, 4) is 0 Å². The number of aldehydes is 1. The molecule has 1 heterocycles. The lowest BCUT2D eigenvalue weighted by molar-refractivity contribution is 0.105. The number of hydrogen-bond donors (Lipinski definition) is 1. The molecule has 96 valence electrons. The van der Waals surface area contributed by atoms with Gasteiger partial charge in [0.05, 0.1) is 11.8 Å². The van der Waals surface area contributed by atoms with E-state index in [0.717, 1.165) is 19.3 Å². The fraction of sp³-hybridized carbons (Fsp3) is 0.727. The second-order valence-electron chi connectivity index (χ2n) is 3.86. The molecule has 6 heteroatoms. The van der Waals surface area contributed by atoms with E-state index >= 15 is 0 Å². The molecule has 1 aromatic heterocycles. The predicted molar refractivity (Wildman–Crippen MR) is 61.8 cm³/mol. The third-order valence-electron chi connectivity index (χ3n) is 2.68. The number of carbonyl (C=O) groups excluding carboxylic acids is 1. The van der Waals surface area contributed by atoms with E-state index in [1.807, 2.05) is 6.92 Å². The molecule has 0 aliphatic heterocycles. The van der Waals surface area contributed by atoms with E-state index in [-0.39, 0.29) is 12.7 Å². The van der Waals surface area contributed by atoms with Crippen LogP contribution in [-0.2, 0) is 11.3 Å². The SMILES string of the molecule is COC(C)c1c(C=O)nnn1CCCCCO. The summed E-state index contributed by atoms with van der Waals surface area (Å²) in [5.74, 6) is 0. The molecule has 0 saturated carbocycles. The minimum Gasteiger partial charge on any atom is -0.396 e. The molecule has 1 atom stereocenters. The second-order valence-corrected chi connectivity index (χ2v) is 3.86. The van der Waals surface area contributed by atoms with Crippen molar-refractivity contribution in [2.75, 3.05) is 13.7 Å². The van der Waals surface area contributed by atoms with E-state index in [4.69, 9.17) is 9.84 Å². The summed E-state index contributed by atoms with van der Waals surface area (Å²) >= 11 is 0. The highest BCUT2D eigenvalue weighted by atomic mass is 16.5. The number of aryl methyl sites for hydroxylation is 1. The van der Waals surface area contributed by atoms with Crippen molar-refractivity contribution in [3.05, 3.63) is 11.4 Å². The quantitative estimate of drug-likeness (QED) is 0.542. The summed E-state index contributed by atoms with van der Waals surface area (Å²) in [5.41, 5.74) is 1.05. The number of ether oxygens (including phenoxy) is 1. The van der Waals surface area contributed by atoms with Gasteiger partial charge in [-0.2, -0.15) is 0 Å². The summed E-state index contributed by atoms with van der Waals surface area (Å²) in [4.78, 5) is 10.8. The van der Waals surface area contributed by atoms with E-state index in [1.165, 1.54) is 0 Å². The zero-order valence-electron chi connectivity index (χ0n) is 10.3. The maximum atomic E-state index is 10.8. The number of nitrogens with zero attached hydrogens (tertiary/aromatic N) is 3. The molecule has 0 saturated heterocycles. The third kappa shape index (κ3) is 3.61. The average Bonchev–Trinajstić information content (AvgIpc) is 2.76. The van der Waals surface area contributed by atoms with Crippen LogP contribution in [0.5, 0.6) is 0 Å². The standard InChI is InChI=1S/C11H19N3O3/c1-9(17-2)11-10(8-16)12-13-14(11)6-4-3-5-7-15/h8-9,15H,3-7H2,1-2H3. The summed E-state index contributed by atoms with van der Waals surface area (Å²) in [5, 5.41) is 16.5. The van der Waals surface area contributed by atoms with Crippen LogP contribution in [0, 0.1) is 0 Å². The monoisotopic (exact) mass is 241 g/mol. The van der Waals surface area contributed by atoms with Gasteiger partial charge in [0.2, 0.25) is 0 Å². The molecule has 17 heavy (non-hydrogen) atoms. The number of rotatable bonds is 8. The Morgan fingerprint density at radius 3 is 2.82 bits per heavy atom. The van der Waals surface area contributed by atoms with Gasteiger partial charge in [0, 0.05) is 20.3 Å². The molecule has 0 amide bonds. The Hall–Kier alpha value is -1.27. The molecule has 1 aromatic rings. The minimum atomic E-state index is -0.206. The van der Waals surface area contributed by atoms with Crippen LogP contribution in [0.15, 0.2) is 0 Å². The molecule has 0 aliphatic rings. The zero-order valence-corrected chi connectivity index (χ0v) is 10.3. The van der Waals surface area contributed by atoms with E-state index in [1.54, 1.807) is 11.8 Å². The van der Waals surface area contributed by atoms with E-state index in [9.17, 15) is 4.79 Å². The smallest absolute Gasteiger partial charge is 0.172 e. The molecule has 6 nitrogen and oxygen atoms in total. The third-order valence-corrected chi connectivity index (χ3v) is 2.68. The Morgan fingerprint density at radius 1 is 1.47 bits per heavy atom. The van der Waals surface area contributed by atoms with Crippen LogP contribution in [-0.4, -0.2) is 40.1 Å². The van der Waals surface area contributed by atoms with Gasteiger partial charge in [-0.15, -0.1) is 5.10 Å². The van der Waals surface area contributed by atoms with Crippen LogP contribution >= 0.6 is 0 Å². The van der Waals surface area contributed by atoms with Gasteiger partial charge in [0.25, 0.3) is 0 Å². The van der Waals surface area contributed by atoms with Gasteiger partial charge in [0.15, 0.2) is 12.0 Å². The molecule has 1 unspecified atom stereocenters. The predicted octanol–water partition coefficient (Wildman–Crippen LogP) is 0.961. The van der Waals surface area contributed by atoms with Crippen molar-refractivity contribution in [1.29, 1.82) is 0 Å². The summed E-state index contributed by atoms with van der Waals surface area (Å²) in [7, 11) is 1.59. The highest BCUT2D eigenvalue weighted by Crippen LogP contribution is 2.18. The van der Waals surface area contributed by atoms with E-state index in [2.05, 4.69) is 10.3 Å². The molecule has 0 aromatic carbocycles. The van der Waals surface area contributed by atoms with Gasteiger partial charge in [0.1, 0.15) is 0 Å². The Balaban J connectivity index is 2.70. The second kappa shape index (κ2) is 7.13. The lowest BCUT2D eigenvalue weighted by Gasteiger charge is -2.12. The lowest BCUT2D eigenvalue weighted by Crippen LogP contribution is -2.10. The first-order chi connectivity index (χ1) is 8.24.